The van der Waals surface area contributed by atoms with Gasteiger partial charge in [-0.2, -0.15) is 0 Å². The smallest absolute Gasteiger partial charge is 0.339 e. The summed E-state index contributed by atoms with van der Waals surface area (Å²) in [4.78, 5) is 27.1. The lowest BCUT2D eigenvalue weighted by atomic mass is 9.56. The van der Waals surface area contributed by atoms with E-state index in [-0.39, 0.29) is 53.4 Å². The number of hydrogen-bond acceptors (Lipinski definition) is 5. The van der Waals surface area contributed by atoms with Crippen LogP contribution in [0.1, 0.15) is 85.5 Å². The summed E-state index contributed by atoms with van der Waals surface area (Å²) in [5.41, 5.74) is 1.37. The van der Waals surface area contributed by atoms with Crippen LogP contribution in [0, 0.1) is 39.9 Å². The van der Waals surface area contributed by atoms with Crippen LogP contribution in [0.25, 0.3) is 0 Å². The van der Waals surface area contributed by atoms with Gasteiger partial charge in [0.25, 0.3) is 0 Å². The van der Waals surface area contributed by atoms with Gasteiger partial charge in [-0.15, -0.1) is 0 Å². The predicted octanol–water partition coefficient (Wildman–Crippen LogP) is 5.53. The molecule has 2 spiro atoms. The number of allylic oxidation sites excluding steroid dienone is 2. The molecule has 3 aliphatic heterocycles. The first-order chi connectivity index (χ1) is 16.6. The lowest BCUT2D eigenvalue weighted by Gasteiger charge is -2.47. The SMILES string of the molecule is C[C@@H]1CCC[C@@]2(C)C[C@H]3OC(=O)[C@]4(C[C@]5(CO4)C(=O)O[C@H]4C[C@@]6(C)CCC[C@H](C)C6=C[C@H]45)[C@H]3C=C12. The van der Waals surface area contributed by atoms with Crippen molar-refractivity contribution >= 4 is 11.9 Å². The summed E-state index contributed by atoms with van der Waals surface area (Å²) in [5.74, 6) is 0.513. The molecule has 0 bridgehead atoms. The Bertz CT molecular complexity index is 977. The van der Waals surface area contributed by atoms with Crippen molar-refractivity contribution in [3.05, 3.63) is 23.3 Å². The summed E-state index contributed by atoms with van der Waals surface area (Å²) in [6.07, 6.45) is 13.8. The molecule has 0 aromatic rings. The molecule has 0 unspecified atom stereocenters. The van der Waals surface area contributed by atoms with E-state index in [1.165, 1.54) is 36.8 Å². The third-order valence-electron chi connectivity index (χ3n) is 11.6. The molecule has 0 amide bonds. The highest BCUT2D eigenvalue weighted by Crippen LogP contribution is 2.64. The van der Waals surface area contributed by atoms with Gasteiger partial charge >= 0.3 is 11.9 Å². The second kappa shape index (κ2) is 7.02. The van der Waals surface area contributed by atoms with Gasteiger partial charge in [-0.05, 0) is 61.2 Å². The van der Waals surface area contributed by atoms with E-state index < -0.39 is 11.0 Å². The first-order valence-electron chi connectivity index (χ1n) is 14.1. The van der Waals surface area contributed by atoms with E-state index in [0.717, 1.165) is 25.7 Å². The zero-order valence-electron chi connectivity index (χ0n) is 21.7. The molecule has 7 aliphatic rings. The predicted molar refractivity (Wildman–Crippen MR) is 130 cm³/mol. The van der Waals surface area contributed by atoms with Crippen molar-refractivity contribution in [2.75, 3.05) is 6.61 Å². The van der Waals surface area contributed by atoms with E-state index in [0.29, 0.717) is 18.3 Å². The van der Waals surface area contributed by atoms with E-state index in [2.05, 4.69) is 39.8 Å². The molecule has 35 heavy (non-hydrogen) atoms. The van der Waals surface area contributed by atoms with Crippen molar-refractivity contribution < 1.29 is 23.8 Å². The number of esters is 2. The molecule has 0 aromatic heterocycles. The topological polar surface area (TPSA) is 61.8 Å². The number of carbonyl (C=O) groups excluding carboxylic acids is 2. The Balaban J connectivity index is 1.27. The number of ether oxygens (including phenoxy) is 3. The quantitative estimate of drug-likeness (QED) is 0.337. The van der Waals surface area contributed by atoms with E-state index >= 15 is 0 Å². The summed E-state index contributed by atoms with van der Waals surface area (Å²) in [6.45, 7) is 9.61. The van der Waals surface area contributed by atoms with Gasteiger partial charge in [0.05, 0.1) is 12.5 Å². The van der Waals surface area contributed by atoms with Gasteiger partial charge < -0.3 is 14.2 Å². The van der Waals surface area contributed by atoms with Crippen molar-refractivity contribution in [2.45, 2.75) is 103 Å². The number of hydrogen-bond donors (Lipinski definition) is 0. The molecule has 0 radical (unpaired) electrons. The Kier molecular flexibility index (Phi) is 4.53. The lowest BCUT2D eigenvalue weighted by Crippen LogP contribution is -2.47. The molecule has 3 saturated heterocycles. The molecule has 5 fully saturated rings. The van der Waals surface area contributed by atoms with E-state index in [1.807, 2.05) is 0 Å². The molecule has 3 heterocycles. The molecule has 190 valence electrons. The summed E-state index contributed by atoms with van der Waals surface area (Å²) >= 11 is 0. The van der Waals surface area contributed by atoms with Crippen LogP contribution in [-0.4, -0.2) is 36.4 Å². The fraction of sp³-hybridized carbons (Fsp3) is 0.800. The fourth-order valence-electron chi connectivity index (χ4n) is 9.76. The summed E-state index contributed by atoms with van der Waals surface area (Å²) in [6, 6.07) is 0. The van der Waals surface area contributed by atoms with Gasteiger partial charge in [0, 0.05) is 12.3 Å². The van der Waals surface area contributed by atoms with Crippen LogP contribution in [-0.2, 0) is 23.8 Å². The van der Waals surface area contributed by atoms with Crippen LogP contribution in [0.2, 0.25) is 0 Å². The van der Waals surface area contributed by atoms with E-state index in [4.69, 9.17) is 14.2 Å². The highest BCUT2D eigenvalue weighted by atomic mass is 16.6. The first kappa shape index (κ1) is 22.6. The zero-order chi connectivity index (χ0) is 24.4. The van der Waals surface area contributed by atoms with Gasteiger partial charge in [-0.25, -0.2) is 4.79 Å². The monoisotopic (exact) mass is 480 g/mol. The number of carbonyl (C=O) groups is 2. The van der Waals surface area contributed by atoms with Gasteiger partial charge in [-0.1, -0.05) is 63.8 Å². The Morgan fingerprint density at radius 3 is 1.97 bits per heavy atom. The number of fused-ring (bicyclic) bond motifs is 6. The van der Waals surface area contributed by atoms with Gasteiger partial charge in [0.15, 0.2) is 5.60 Å². The molecule has 4 aliphatic carbocycles. The highest BCUT2D eigenvalue weighted by molar-refractivity contribution is 5.88. The minimum absolute atomic E-state index is 0.0139. The van der Waals surface area contributed by atoms with Crippen LogP contribution < -0.4 is 0 Å². The highest BCUT2D eigenvalue weighted by Gasteiger charge is 2.73. The van der Waals surface area contributed by atoms with Crippen molar-refractivity contribution in [1.82, 2.24) is 0 Å². The van der Waals surface area contributed by atoms with Crippen LogP contribution in [0.15, 0.2) is 23.3 Å². The molecule has 0 aromatic carbocycles. The molecule has 5 nitrogen and oxygen atoms in total. The molecule has 5 heteroatoms. The van der Waals surface area contributed by atoms with Crippen LogP contribution in [0.3, 0.4) is 0 Å². The fourth-order valence-corrected chi connectivity index (χ4v) is 9.76. The van der Waals surface area contributed by atoms with Gasteiger partial charge in [0.2, 0.25) is 0 Å². The Hall–Kier alpha value is -1.62. The molecule has 0 N–H and O–H groups in total. The zero-order valence-corrected chi connectivity index (χ0v) is 21.7. The summed E-state index contributed by atoms with van der Waals surface area (Å²) in [7, 11) is 0. The molecule has 10 atom stereocenters. The average Bonchev–Trinajstić information content (AvgIpc) is 3.39. The molecular formula is C30H40O5. The van der Waals surface area contributed by atoms with Crippen molar-refractivity contribution in [2.24, 2.45) is 39.9 Å². The van der Waals surface area contributed by atoms with Crippen LogP contribution in [0.4, 0.5) is 0 Å². The molecule has 2 saturated carbocycles. The summed E-state index contributed by atoms with van der Waals surface area (Å²) in [5, 5.41) is 0. The van der Waals surface area contributed by atoms with Crippen LogP contribution in [0.5, 0.6) is 0 Å². The maximum absolute atomic E-state index is 13.6. The largest absolute Gasteiger partial charge is 0.461 e. The van der Waals surface area contributed by atoms with E-state index in [9.17, 15) is 9.59 Å². The third kappa shape index (κ3) is 2.80. The number of rotatable bonds is 0. The van der Waals surface area contributed by atoms with Crippen LogP contribution >= 0.6 is 0 Å². The van der Waals surface area contributed by atoms with Gasteiger partial charge in [-0.3, -0.25) is 4.79 Å². The average molecular weight is 481 g/mol. The lowest BCUT2D eigenvalue weighted by molar-refractivity contribution is -0.156. The van der Waals surface area contributed by atoms with Crippen molar-refractivity contribution in [3.63, 3.8) is 0 Å². The Morgan fingerprint density at radius 2 is 1.34 bits per heavy atom. The van der Waals surface area contributed by atoms with Gasteiger partial charge in [0.1, 0.15) is 17.6 Å². The maximum Gasteiger partial charge on any atom is 0.339 e. The maximum atomic E-state index is 13.6. The second-order valence-corrected chi connectivity index (χ2v) is 13.8. The van der Waals surface area contributed by atoms with Crippen molar-refractivity contribution in [1.29, 1.82) is 0 Å². The van der Waals surface area contributed by atoms with E-state index in [1.54, 1.807) is 0 Å². The minimum atomic E-state index is -1.05. The standard InChI is InChI=1S/C30H40O5/c1-17-7-5-9-27(3)13-23-21(11-19(17)27)29(25(31)34-23)15-30(33-16-29)22-12-20-18(2)8-6-10-28(20,4)14-24(22)35-26(30)32/h11-12,17-18,21-24H,5-10,13-16H2,1-4H3/t17-,18+,21+,22-,23-,24+,27+,28-,29+,30-/m0/s1. The molecule has 7 rings (SSSR count). The normalized spacial score (nSPS) is 54.4. The Labute approximate surface area is 209 Å². The summed E-state index contributed by atoms with van der Waals surface area (Å²) < 4.78 is 18.7. The molecular weight excluding hydrogens is 440 g/mol. The Morgan fingerprint density at radius 1 is 0.800 bits per heavy atom. The second-order valence-electron chi connectivity index (χ2n) is 13.8. The third-order valence-corrected chi connectivity index (χ3v) is 11.6. The minimum Gasteiger partial charge on any atom is -0.461 e. The first-order valence-corrected chi connectivity index (χ1v) is 14.1. The van der Waals surface area contributed by atoms with Crippen molar-refractivity contribution in [3.8, 4) is 0 Å².